The number of esters is 1. The minimum Gasteiger partial charge on any atom is -0.420 e. The molecule has 0 bridgehead atoms. The van der Waals surface area contributed by atoms with Gasteiger partial charge in [0.05, 0.1) is 5.92 Å². The molecule has 0 saturated heterocycles. The average Bonchev–Trinajstić information content (AvgIpc) is 2.35. The highest BCUT2D eigenvalue weighted by Gasteiger charge is 2.44. The summed E-state index contributed by atoms with van der Waals surface area (Å²) in [5.41, 5.74) is 3.30. The fourth-order valence-electron chi connectivity index (χ4n) is 1.62. The second kappa shape index (κ2) is 5.85. The van der Waals surface area contributed by atoms with E-state index in [9.17, 15) is 35.9 Å². The summed E-state index contributed by atoms with van der Waals surface area (Å²) < 4.78 is 78.9. The van der Waals surface area contributed by atoms with E-state index in [2.05, 4.69) is 4.74 Å². The van der Waals surface area contributed by atoms with Crippen LogP contribution in [-0.2, 0) is 4.79 Å². The van der Waals surface area contributed by atoms with Crippen molar-refractivity contribution in [2.75, 3.05) is 0 Å². The molecular formula is C12H9F6NO3. The Balaban J connectivity index is 3.43. The second-order valence-electron chi connectivity index (χ2n) is 4.23. The number of halogens is 6. The molecule has 0 aliphatic heterocycles. The van der Waals surface area contributed by atoms with Crippen molar-refractivity contribution in [1.82, 2.24) is 0 Å². The lowest BCUT2D eigenvalue weighted by Gasteiger charge is -2.21. The standard InChI is InChI=1S/C12H9F6NO3/c1-5(11(13,14)15)8-6(9(19)20)3-2-4-7(8)22-10(21)12(16,17)18/h2-5H,1H3,(H2,19,20)/t5-/m0/s1. The molecule has 1 aromatic carbocycles. The van der Waals surface area contributed by atoms with Gasteiger partial charge in [-0.1, -0.05) is 6.07 Å². The molecule has 0 fully saturated rings. The normalized spacial score (nSPS) is 13.6. The number of ether oxygens (including phenoxy) is 1. The van der Waals surface area contributed by atoms with Gasteiger partial charge in [-0.3, -0.25) is 4.79 Å². The Kier molecular flexibility index (Phi) is 4.73. The number of amides is 1. The van der Waals surface area contributed by atoms with Crippen molar-refractivity contribution >= 4 is 11.9 Å². The molecule has 0 aliphatic carbocycles. The molecule has 122 valence electrons. The number of hydrogen-bond donors (Lipinski definition) is 1. The Morgan fingerprint density at radius 1 is 1.14 bits per heavy atom. The van der Waals surface area contributed by atoms with E-state index in [4.69, 9.17) is 5.73 Å². The van der Waals surface area contributed by atoms with E-state index in [1.54, 1.807) is 0 Å². The topological polar surface area (TPSA) is 69.4 Å². The predicted molar refractivity (Wildman–Crippen MR) is 61.1 cm³/mol. The SMILES string of the molecule is C[C@@H](c1c(OC(=O)C(F)(F)F)cccc1C(N)=O)C(F)(F)F. The van der Waals surface area contributed by atoms with Crippen LogP contribution in [-0.4, -0.2) is 24.2 Å². The van der Waals surface area contributed by atoms with Gasteiger partial charge in [0, 0.05) is 11.1 Å². The molecule has 2 N–H and O–H groups in total. The van der Waals surface area contributed by atoms with Gasteiger partial charge in [0.15, 0.2) is 0 Å². The maximum Gasteiger partial charge on any atom is 0.491 e. The highest BCUT2D eigenvalue weighted by atomic mass is 19.4. The van der Waals surface area contributed by atoms with Gasteiger partial charge in [-0.15, -0.1) is 0 Å². The van der Waals surface area contributed by atoms with Gasteiger partial charge in [-0.25, -0.2) is 4.79 Å². The van der Waals surface area contributed by atoms with Crippen LogP contribution in [0.2, 0.25) is 0 Å². The predicted octanol–water partition coefficient (Wildman–Crippen LogP) is 2.92. The van der Waals surface area contributed by atoms with Crippen molar-refractivity contribution in [3.63, 3.8) is 0 Å². The number of rotatable bonds is 3. The summed E-state index contributed by atoms with van der Waals surface area (Å²) in [6, 6.07) is 2.56. The van der Waals surface area contributed by atoms with Gasteiger partial charge in [0.1, 0.15) is 5.75 Å². The summed E-state index contributed by atoms with van der Waals surface area (Å²) >= 11 is 0. The molecule has 0 aliphatic rings. The first-order valence-corrected chi connectivity index (χ1v) is 5.64. The zero-order chi connectivity index (χ0) is 17.3. The third-order valence-corrected chi connectivity index (χ3v) is 2.69. The van der Waals surface area contributed by atoms with Gasteiger partial charge in [0.25, 0.3) is 0 Å². The molecule has 1 rings (SSSR count). The molecule has 0 spiro atoms. The van der Waals surface area contributed by atoms with Gasteiger partial charge in [0.2, 0.25) is 5.91 Å². The Bertz CT molecular complexity index is 594. The highest BCUT2D eigenvalue weighted by Crippen LogP contribution is 2.41. The Hall–Kier alpha value is -2.26. The maximum atomic E-state index is 12.8. The minimum absolute atomic E-state index is 0.604. The third-order valence-electron chi connectivity index (χ3n) is 2.69. The quantitative estimate of drug-likeness (QED) is 0.527. The summed E-state index contributed by atoms with van der Waals surface area (Å²) in [5, 5.41) is 0. The molecule has 1 aromatic rings. The van der Waals surface area contributed by atoms with Crippen LogP contribution in [0.25, 0.3) is 0 Å². The molecule has 10 heteroatoms. The number of carbonyl (C=O) groups is 2. The van der Waals surface area contributed by atoms with Gasteiger partial charge < -0.3 is 10.5 Å². The average molecular weight is 329 g/mol. The molecule has 0 unspecified atom stereocenters. The molecule has 22 heavy (non-hydrogen) atoms. The highest BCUT2D eigenvalue weighted by molar-refractivity contribution is 5.95. The third kappa shape index (κ3) is 3.89. The lowest BCUT2D eigenvalue weighted by atomic mass is 9.93. The summed E-state index contributed by atoms with van der Waals surface area (Å²) in [4.78, 5) is 22.0. The van der Waals surface area contributed by atoms with Crippen LogP contribution in [0, 0.1) is 0 Å². The zero-order valence-electron chi connectivity index (χ0n) is 10.9. The smallest absolute Gasteiger partial charge is 0.420 e. The first-order chi connectivity index (χ1) is 9.85. The van der Waals surface area contributed by atoms with Gasteiger partial charge >= 0.3 is 18.3 Å². The maximum absolute atomic E-state index is 12.8. The van der Waals surface area contributed by atoms with E-state index in [0.29, 0.717) is 13.0 Å². The van der Waals surface area contributed by atoms with E-state index in [0.717, 1.165) is 12.1 Å². The van der Waals surface area contributed by atoms with Crippen LogP contribution in [0.15, 0.2) is 18.2 Å². The van der Waals surface area contributed by atoms with E-state index < -0.39 is 47.0 Å². The Morgan fingerprint density at radius 3 is 2.09 bits per heavy atom. The van der Waals surface area contributed by atoms with Gasteiger partial charge in [-0.05, 0) is 19.1 Å². The second-order valence-corrected chi connectivity index (χ2v) is 4.23. The van der Waals surface area contributed by atoms with Crippen molar-refractivity contribution in [2.24, 2.45) is 5.73 Å². The Morgan fingerprint density at radius 2 is 1.68 bits per heavy atom. The van der Waals surface area contributed by atoms with E-state index in [1.165, 1.54) is 0 Å². The number of carbonyl (C=O) groups excluding carboxylic acids is 2. The van der Waals surface area contributed by atoms with Crippen LogP contribution in [0.4, 0.5) is 26.3 Å². The number of hydrogen-bond acceptors (Lipinski definition) is 3. The summed E-state index contributed by atoms with van der Waals surface area (Å²) in [7, 11) is 0. The minimum atomic E-state index is -5.40. The molecular weight excluding hydrogens is 320 g/mol. The van der Waals surface area contributed by atoms with Crippen LogP contribution >= 0.6 is 0 Å². The molecule has 4 nitrogen and oxygen atoms in total. The number of primary amides is 1. The van der Waals surface area contributed by atoms with Crippen molar-refractivity contribution < 1.29 is 40.7 Å². The zero-order valence-corrected chi connectivity index (χ0v) is 10.9. The first kappa shape index (κ1) is 17.8. The Labute approximate surface area is 119 Å². The fraction of sp³-hybridized carbons (Fsp3) is 0.333. The van der Waals surface area contributed by atoms with Crippen LogP contribution in [0.3, 0.4) is 0 Å². The van der Waals surface area contributed by atoms with E-state index in [1.807, 2.05) is 0 Å². The number of benzene rings is 1. The van der Waals surface area contributed by atoms with Crippen molar-refractivity contribution in [1.29, 1.82) is 0 Å². The lowest BCUT2D eigenvalue weighted by Crippen LogP contribution is -2.30. The summed E-state index contributed by atoms with van der Waals surface area (Å²) in [6.45, 7) is 0.604. The van der Waals surface area contributed by atoms with Crippen molar-refractivity contribution in [3.8, 4) is 5.75 Å². The number of alkyl halides is 6. The lowest BCUT2D eigenvalue weighted by molar-refractivity contribution is -0.190. The van der Waals surface area contributed by atoms with Crippen molar-refractivity contribution in [3.05, 3.63) is 29.3 Å². The van der Waals surface area contributed by atoms with Gasteiger partial charge in [-0.2, -0.15) is 26.3 Å². The summed E-state index contributed by atoms with van der Waals surface area (Å²) in [5.74, 6) is -7.39. The first-order valence-electron chi connectivity index (χ1n) is 5.64. The van der Waals surface area contributed by atoms with E-state index >= 15 is 0 Å². The van der Waals surface area contributed by atoms with Crippen LogP contribution in [0.5, 0.6) is 5.75 Å². The molecule has 0 heterocycles. The largest absolute Gasteiger partial charge is 0.491 e. The molecule has 1 amide bonds. The monoisotopic (exact) mass is 329 g/mol. The molecule has 0 aromatic heterocycles. The summed E-state index contributed by atoms with van der Waals surface area (Å²) in [6.07, 6.45) is -10.3. The molecule has 0 radical (unpaired) electrons. The van der Waals surface area contributed by atoms with Crippen molar-refractivity contribution in [2.45, 2.75) is 25.2 Å². The van der Waals surface area contributed by atoms with Crippen LogP contribution < -0.4 is 10.5 Å². The molecule has 1 atom stereocenters. The fourth-order valence-corrected chi connectivity index (χ4v) is 1.62. The number of nitrogens with two attached hydrogens (primary N) is 1. The van der Waals surface area contributed by atoms with E-state index in [-0.39, 0.29) is 0 Å². The van der Waals surface area contributed by atoms with Crippen LogP contribution in [0.1, 0.15) is 28.8 Å². The molecule has 0 saturated carbocycles.